The molecule has 31 heavy (non-hydrogen) atoms. The first-order valence-corrected chi connectivity index (χ1v) is 10.2. The molecule has 0 bridgehead atoms. The Kier molecular flexibility index (Phi) is 6.22. The van der Waals surface area contributed by atoms with Crippen LogP contribution in [0, 0.1) is 21.4 Å². The minimum atomic E-state index is -0.701. The van der Waals surface area contributed by atoms with E-state index in [0.717, 1.165) is 6.07 Å². The average Bonchev–Trinajstić information content (AvgIpc) is 2.78. The summed E-state index contributed by atoms with van der Waals surface area (Å²) in [5.74, 6) is 0.112. The van der Waals surface area contributed by atoms with Gasteiger partial charge >= 0.3 is 0 Å². The van der Waals surface area contributed by atoms with Crippen LogP contribution in [0.1, 0.15) is 38.1 Å². The Morgan fingerprint density at radius 1 is 1.29 bits per heavy atom. The summed E-state index contributed by atoms with van der Waals surface area (Å²) >= 11 is 6.06. The molecule has 0 radical (unpaired) electrons. The summed E-state index contributed by atoms with van der Waals surface area (Å²) in [5, 5.41) is 13.8. The molecule has 0 atom stereocenters. The van der Waals surface area contributed by atoms with Crippen LogP contribution in [0.3, 0.4) is 0 Å². The molecule has 2 aromatic rings. The fraction of sp³-hybridized carbons (Fsp3) is 0.364. The number of hydrogen-bond acceptors (Lipinski definition) is 5. The molecule has 0 saturated carbocycles. The van der Waals surface area contributed by atoms with E-state index in [9.17, 15) is 19.7 Å². The predicted octanol–water partition coefficient (Wildman–Crippen LogP) is 4.91. The second kappa shape index (κ2) is 8.55. The van der Waals surface area contributed by atoms with E-state index >= 15 is 0 Å². The van der Waals surface area contributed by atoms with E-state index < -0.39 is 16.2 Å². The molecule has 0 aromatic heterocycles. The zero-order chi connectivity index (χ0) is 22.9. The average molecular weight is 446 g/mol. The normalized spacial score (nSPS) is 15.2. The monoisotopic (exact) mass is 445 g/mol. The number of nitro groups is 1. The zero-order valence-corrected chi connectivity index (χ0v) is 18.5. The number of benzene rings is 2. The van der Waals surface area contributed by atoms with Gasteiger partial charge in [-0.2, -0.15) is 0 Å². The number of halogens is 1. The van der Waals surface area contributed by atoms with Crippen LogP contribution in [0.25, 0.3) is 0 Å². The van der Waals surface area contributed by atoms with Gasteiger partial charge in [0.25, 0.3) is 11.6 Å². The molecule has 2 aromatic carbocycles. The van der Waals surface area contributed by atoms with Gasteiger partial charge in [0.1, 0.15) is 12.4 Å². The van der Waals surface area contributed by atoms with Gasteiger partial charge < -0.3 is 15.0 Å². The van der Waals surface area contributed by atoms with Gasteiger partial charge in [-0.05, 0) is 38.0 Å². The summed E-state index contributed by atoms with van der Waals surface area (Å²) < 4.78 is 5.92. The van der Waals surface area contributed by atoms with E-state index in [2.05, 4.69) is 5.32 Å². The first-order chi connectivity index (χ1) is 14.5. The first-order valence-electron chi connectivity index (χ1n) is 9.83. The number of hydrogen-bond donors (Lipinski definition) is 1. The molecule has 1 heterocycles. The van der Waals surface area contributed by atoms with Gasteiger partial charge in [0.05, 0.1) is 26.6 Å². The zero-order valence-electron chi connectivity index (χ0n) is 17.8. The van der Waals surface area contributed by atoms with E-state index in [-0.39, 0.29) is 34.7 Å². The topological polar surface area (TPSA) is 102 Å². The Bertz CT molecular complexity index is 1050. The molecule has 0 saturated heterocycles. The van der Waals surface area contributed by atoms with Gasteiger partial charge in [-0.1, -0.05) is 25.4 Å². The maximum Gasteiger partial charge on any atom is 0.270 e. The molecule has 0 spiro atoms. The number of non-ortho nitro benzene ring substituents is 1. The lowest BCUT2D eigenvalue weighted by atomic mass is 9.92. The fourth-order valence-electron chi connectivity index (χ4n) is 3.27. The summed E-state index contributed by atoms with van der Waals surface area (Å²) in [7, 11) is 0. The Morgan fingerprint density at radius 3 is 2.65 bits per heavy atom. The van der Waals surface area contributed by atoms with E-state index in [0.29, 0.717) is 23.7 Å². The fourth-order valence-corrected chi connectivity index (χ4v) is 3.47. The molecule has 1 aliphatic rings. The molecular weight excluding hydrogens is 422 g/mol. The van der Waals surface area contributed by atoms with Gasteiger partial charge in [-0.3, -0.25) is 19.7 Å². The third-order valence-electron chi connectivity index (χ3n) is 4.87. The van der Waals surface area contributed by atoms with Crippen molar-refractivity contribution in [2.75, 3.05) is 23.4 Å². The number of nitrogens with one attached hydrogen (secondary N) is 1. The highest BCUT2D eigenvalue weighted by Crippen LogP contribution is 2.38. The molecule has 164 valence electrons. The van der Waals surface area contributed by atoms with E-state index in [1.165, 1.54) is 12.1 Å². The van der Waals surface area contributed by atoms with Crippen LogP contribution < -0.4 is 15.0 Å². The Labute approximate surface area is 185 Å². The summed E-state index contributed by atoms with van der Waals surface area (Å²) in [4.78, 5) is 37.9. The van der Waals surface area contributed by atoms with Crippen LogP contribution in [-0.2, 0) is 4.79 Å². The molecule has 2 amide bonds. The molecule has 3 rings (SSSR count). The number of ether oxygens (including phenoxy) is 1. The number of nitrogens with zero attached hydrogens (tertiary/aromatic N) is 2. The Morgan fingerprint density at radius 2 is 2.00 bits per heavy atom. The molecule has 0 aliphatic carbocycles. The van der Waals surface area contributed by atoms with Crippen molar-refractivity contribution in [3.8, 4) is 5.75 Å². The standard InChI is InChI=1S/C22H24ClN3O5/c1-13(2)11-25-18-8-5-14(9-19(18)31-12-22(3,4)21(25)28)24-20(27)16-10-15(26(29)30)6-7-17(16)23/h5-10,13H,11-12H2,1-4H3,(H,24,27). The summed E-state index contributed by atoms with van der Waals surface area (Å²) in [6, 6.07) is 8.69. The number of carbonyl (C=O) groups excluding carboxylic acids is 2. The van der Waals surface area contributed by atoms with Crippen LogP contribution >= 0.6 is 11.6 Å². The molecule has 1 aliphatic heterocycles. The highest BCUT2D eigenvalue weighted by molar-refractivity contribution is 6.34. The Hall–Kier alpha value is -3.13. The van der Waals surface area contributed by atoms with Gasteiger partial charge in [0.2, 0.25) is 5.91 Å². The number of fused-ring (bicyclic) bond motifs is 1. The maximum absolute atomic E-state index is 13.0. The number of carbonyl (C=O) groups is 2. The van der Waals surface area contributed by atoms with Crippen LogP contribution in [0.5, 0.6) is 5.75 Å². The lowest BCUT2D eigenvalue weighted by Crippen LogP contribution is -2.43. The predicted molar refractivity (Wildman–Crippen MR) is 119 cm³/mol. The maximum atomic E-state index is 13.0. The van der Waals surface area contributed by atoms with Crippen molar-refractivity contribution in [1.29, 1.82) is 0 Å². The highest BCUT2D eigenvalue weighted by atomic mass is 35.5. The second-order valence-electron chi connectivity index (χ2n) is 8.54. The van der Waals surface area contributed by atoms with E-state index in [1.807, 2.05) is 27.7 Å². The van der Waals surface area contributed by atoms with Gasteiger partial charge in [0.15, 0.2) is 0 Å². The number of nitro benzene ring substituents is 1. The number of anilines is 2. The van der Waals surface area contributed by atoms with Crippen molar-refractivity contribution in [1.82, 2.24) is 0 Å². The summed E-state index contributed by atoms with van der Waals surface area (Å²) in [5.41, 5.74) is 0.112. The lowest BCUT2D eigenvalue weighted by Gasteiger charge is -2.29. The van der Waals surface area contributed by atoms with Crippen molar-refractivity contribution in [2.45, 2.75) is 27.7 Å². The van der Waals surface area contributed by atoms with Crippen LogP contribution in [0.4, 0.5) is 17.1 Å². The first kappa shape index (κ1) is 22.6. The number of amides is 2. The van der Waals surface area contributed by atoms with Crippen molar-refractivity contribution in [2.24, 2.45) is 11.3 Å². The highest BCUT2D eigenvalue weighted by Gasteiger charge is 2.38. The summed E-state index contributed by atoms with van der Waals surface area (Å²) in [6.45, 7) is 8.46. The number of rotatable bonds is 5. The van der Waals surface area contributed by atoms with Gasteiger partial charge in [-0.15, -0.1) is 0 Å². The molecule has 0 fully saturated rings. The van der Waals surface area contributed by atoms with Crippen molar-refractivity contribution in [3.05, 3.63) is 57.1 Å². The van der Waals surface area contributed by atoms with Crippen LogP contribution in [0.2, 0.25) is 5.02 Å². The van der Waals surface area contributed by atoms with Crippen LogP contribution in [0.15, 0.2) is 36.4 Å². The molecule has 8 nitrogen and oxygen atoms in total. The van der Waals surface area contributed by atoms with E-state index in [4.69, 9.17) is 16.3 Å². The smallest absolute Gasteiger partial charge is 0.270 e. The SMILES string of the molecule is CC(C)CN1C(=O)C(C)(C)COc2cc(NC(=O)c3cc([N+](=O)[O-])ccc3Cl)ccc21. The third kappa shape index (κ3) is 4.80. The minimum absolute atomic E-state index is 0.00975. The Balaban J connectivity index is 1.92. The summed E-state index contributed by atoms with van der Waals surface area (Å²) in [6.07, 6.45) is 0. The van der Waals surface area contributed by atoms with Gasteiger partial charge in [-0.25, -0.2) is 0 Å². The quantitative estimate of drug-likeness (QED) is 0.520. The molecule has 0 unspecified atom stereocenters. The van der Waals surface area contributed by atoms with Crippen LogP contribution in [-0.4, -0.2) is 29.9 Å². The van der Waals surface area contributed by atoms with Crippen molar-refractivity contribution in [3.63, 3.8) is 0 Å². The molecule has 9 heteroatoms. The molecule has 1 N–H and O–H groups in total. The third-order valence-corrected chi connectivity index (χ3v) is 5.20. The minimum Gasteiger partial charge on any atom is -0.490 e. The largest absolute Gasteiger partial charge is 0.490 e. The van der Waals surface area contributed by atoms with Gasteiger partial charge in [0, 0.05) is 30.4 Å². The van der Waals surface area contributed by atoms with Crippen molar-refractivity contribution < 1.29 is 19.2 Å². The second-order valence-corrected chi connectivity index (χ2v) is 8.95. The van der Waals surface area contributed by atoms with Crippen molar-refractivity contribution >= 4 is 40.5 Å². The van der Waals surface area contributed by atoms with E-state index in [1.54, 1.807) is 23.1 Å². The molecular formula is C22H24ClN3O5. The lowest BCUT2D eigenvalue weighted by molar-refractivity contribution is -0.384.